The van der Waals surface area contributed by atoms with Crippen LogP contribution in [0.25, 0.3) is 11.1 Å². The van der Waals surface area contributed by atoms with E-state index in [1.807, 2.05) is 48.5 Å². The van der Waals surface area contributed by atoms with Crippen LogP contribution in [0.1, 0.15) is 41.6 Å². The molecular formula is C29H27NO5. The van der Waals surface area contributed by atoms with Crippen LogP contribution in [0.2, 0.25) is 0 Å². The van der Waals surface area contributed by atoms with Crippen LogP contribution in [-0.2, 0) is 9.53 Å². The van der Waals surface area contributed by atoms with Gasteiger partial charge in [0.15, 0.2) is 5.75 Å². The molecule has 0 unspecified atom stereocenters. The lowest BCUT2D eigenvalue weighted by molar-refractivity contribution is -0.137. The molecule has 0 atom stereocenters. The molecule has 0 aliphatic heterocycles. The number of esters is 2. The van der Waals surface area contributed by atoms with E-state index in [4.69, 9.17) is 14.2 Å². The van der Waals surface area contributed by atoms with E-state index in [0.29, 0.717) is 24.5 Å². The Labute approximate surface area is 205 Å². The normalized spacial score (nSPS) is 10.1. The van der Waals surface area contributed by atoms with E-state index >= 15 is 0 Å². The van der Waals surface area contributed by atoms with Crippen molar-refractivity contribution in [3.8, 4) is 28.7 Å². The smallest absolute Gasteiger partial charge is 0.343 e. The molecule has 0 saturated heterocycles. The van der Waals surface area contributed by atoms with Gasteiger partial charge in [-0.2, -0.15) is 5.26 Å². The Balaban J connectivity index is 1.51. The first-order valence-electron chi connectivity index (χ1n) is 11.4. The Morgan fingerprint density at radius 1 is 0.857 bits per heavy atom. The Morgan fingerprint density at radius 3 is 2.23 bits per heavy atom. The Kier molecular flexibility index (Phi) is 9.64. The number of nitrogens with zero attached hydrogens (tertiary/aromatic N) is 1. The third-order valence-electron chi connectivity index (χ3n) is 5.22. The summed E-state index contributed by atoms with van der Waals surface area (Å²) < 4.78 is 16.2. The molecule has 0 fully saturated rings. The van der Waals surface area contributed by atoms with E-state index in [1.54, 1.807) is 30.3 Å². The van der Waals surface area contributed by atoms with Crippen LogP contribution in [0.3, 0.4) is 0 Å². The molecule has 0 aromatic heterocycles. The average Bonchev–Trinajstić information content (AvgIpc) is 2.90. The fraction of sp³-hybridized carbons (Fsp3) is 0.207. The zero-order chi connectivity index (χ0) is 24.9. The number of ether oxygens (including phenoxy) is 3. The lowest BCUT2D eigenvalue weighted by atomic mass is 10.0. The molecule has 0 bridgehead atoms. The molecule has 3 rings (SSSR count). The van der Waals surface area contributed by atoms with Crippen LogP contribution < -0.4 is 9.47 Å². The standard InChI is InChI=1S/C29H27NO5/c1-2-28(31)34-19-9-4-3-8-18-33-26-17-16-25(21-30)27(20-26)35-29(32)24-14-12-23(13-15-24)22-10-6-5-7-11-22/h2,5-7,10-17,20H,1,3-4,8-9,18-19H2. The first-order chi connectivity index (χ1) is 17.1. The molecule has 0 heterocycles. The molecular weight excluding hydrogens is 442 g/mol. The van der Waals surface area contributed by atoms with E-state index in [0.717, 1.165) is 42.9 Å². The summed E-state index contributed by atoms with van der Waals surface area (Å²) in [4.78, 5) is 23.7. The molecule has 0 N–H and O–H groups in total. The monoisotopic (exact) mass is 469 g/mol. The van der Waals surface area contributed by atoms with Crippen molar-refractivity contribution in [3.63, 3.8) is 0 Å². The van der Waals surface area contributed by atoms with Crippen LogP contribution in [0.5, 0.6) is 11.5 Å². The average molecular weight is 470 g/mol. The Morgan fingerprint density at radius 2 is 1.54 bits per heavy atom. The van der Waals surface area contributed by atoms with Gasteiger partial charge in [-0.3, -0.25) is 0 Å². The van der Waals surface area contributed by atoms with Crippen LogP contribution in [0.15, 0.2) is 85.5 Å². The summed E-state index contributed by atoms with van der Waals surface area (Å²) in [6.45, 7) is 4.21. The molecule has 6 heteroatoms. The highest BCUT2D eigenvalue weighted by Gasteiger charge is 2.13. The Bertz CT molecular complexity index is 1180. The second-order valence-electron chi connectivity index (χ2n) is 7.74. The van der Waals surface area contributed by atoms with E-state index in [2.05, 4.69) is 6.58 Å². The summed E-state index contributed by atoms with van der Waals surface area (Å²) in [6, 6.07) is 23.9. The van der Waals surface area contributed by atoms with Gasteiger partial charge >= 0.3 is 11.9 Å². The van der Waals surface area contributed by atoms with E-state index in [-0.39, 0.29) is 11.3 Å². The molecule has 6 nitrogen and oxygen atoms in total. The molecule has 0 amide bonds. The highest BCUT2D eigenvalue weighted by Crippen LogP contribution is 2.26. The molecule has 3 aromatic rings. The second kappa shape index (κ2) is 13.4. The summed E-state index contributed by atoms with van der Waals surface area (Å²) in [6.07, 6.45) is 4.58. The number of hydrogen-bond donors (Lipinski definition) is 0. The van der Waals surface area contributed by atoms with Crippen molar-refractivity contribution in [2.75, 3.05) is 13.2 Å². The van der Waals surface area contributed by atoms with Crippen LogP contribution in [-0.4, -0.2) is 25.2 Å². The van der Waals surface area contributed by atoms with Crippen molar-refractivity contribution in [2.45, 2.75) is 25.7 Å². The molecule has 178 valence electrons. The summed E-state index contributed by atoms with van der Waals surface area (Å²) >= 11 is 0. The summed E-state index contributed by atoms with van der Waals surface area (Å²) in [7, 11) is 0. The zero-order valence-corrected chi connectivity index (χ0v) is 19.4. The second-order valence-corrected chi connectivity index (χ2v) is 7.74. The highest BCUT2D eigenvalue weighted by atomic mass is 16.5. The number of rotatable bonds is 12. The topological polar surface area (TPSA) is 85.6 Å². The summed E-state index contributed by atoms with van der Waals surface area (Å²) in [5.41, 5.74) is 2.69. The van der Waals surface area contributed by atoms with Gasteiger partial charge in [-0.25, -0.2) is 9.59 Å². The highest BCUT2D eigenvalue weighted by molar-refractivity contribution is 5.92. The minimum absolute atomic E-state index is 0.158. The maximum atomic E-state index is 12.7. The first-order valence-corrected chi connectivity index (χ1v) is 11.4. The molecule has 3 aromatic carbocycles. The van der Waals surface area contributed by atoms with Crippen LogP contribution >= 0.6 is 0 Å². The zero-order valence-electron chi connectivity index (χ0n) is 19.4. The minimum atomic E-state index is -0.546. The fourth-order valence-corrected chi connectivity index (χ4v) is 3.34. The van der Waals surface area contributed by atoms with Gasteiger partial charge in [-0.05, 0) is 61.1 Å². The number of hydrogen-bond acceptors (Lipinski definition) is 6. The number of benzene rings is 3. The predicted octanol–water partition coefficient (Wildman–Crippen LogP) is 6.11. The SMILES string of the molecule is C=CC(=O)OCCCCCCOc1ccc(C#N)c(OC(=O)c2ccc(-c3ccccc3)cc2)c1. The van der Waals surface area contributed by atoms with Crippen molar-refractivity contribution >= 4 is 11.9 Å². The van der Waals surface area contributed by atoms with Crippen molar-refractivity contribution in [2.24, 2.45) is 0 Å². The molecule has 0 aliphatic rings. The predicted molar refractivity (Wildman–Crippen MR) is 133 cm³/mol. The largest absolute Gasteiger partial charge is 0.493 e. The summed E-state index contributed by atoms with van der Waals surface area (Å²) in [5, 5.41) is 9.40. The number of nitriles is 1. The van der Waals surface area contributed by atoms with Gasteiger partial charge in [0, 0.05) is 12.1 Å². The van der Waals surface area contributed by atoms with E-state index in [9.17, 15) is 14.9 Å². The van der Waals surface area contributed by atoms with Gasteiger partial charge in [0.25, 0.3) is 0 Å². The van der Waals surface area contributed by atoms with Gasteiger partial charge in [0.05, 0.1) is 24.3 Å². The van der Waals surface area contributed by atoms with Gasteiger partial charge in [-0.15, -0.1) is 0 Å². The van der Waals surface area contributed by atoms with Crippen molar-refractivity contribution in [1.29, 1.82) is 5.26 Å². The third kappa shape index (κ3) is 7.86. The van der Waals surface area contributed by atoms with Crippen molar-refractivity contribution in [1.82, 2.24) is 0 Å². The Hall–Kier alpha value is -4.37. The van der Waals surface area contributed by atoms with Crippen LogP contribution in [0.4, 0.5) is 0 Å². The summed E-state index contributed by atoms with van der Waals surface area (Å²) in [5.74, 6) is -0.275. The van der Waals surface area contributed by atoms with E-state index in [1.165, 1.54) is 0 Å². The molecule has 0 spiro atoms. The van der Waals surface area contributed by atoms with Gasteiger partial charge < -0.3 is 14.2 Å². The molecule has 0 radical (unpaired) electrons. The molecule has 0 saturated carbocycles. The van der Waals surface area contributed by atoms with Crippen LogP contribution in [0, 0.1) is 11.3 Å². The molecule has 0 aliphatic carbocycles. The van der Waals surface area contributed by atoms with Gasteiger partial charge in [0.1, 0.15) is 11.8 Å². The maximum Gasteiger partial charge on any atom is 0.343 e. The first kappa shape index (κ1) is 25.3. The van der Waals surface area contributed by atoms with E-state index < -0.39 is 11.9 Å². The quantitative estimate of drug-likeness (QED) is 0.138. The lowest BCUT2D eigenvalue weighted by Gasteiger charge is -2.10. The number of carbonyl (C=O) groups is 2. The third-order valence-corrected chi connectivity index (χ3v) is 5.22. The molecule has 35 heavy (non-hydrogen) atoms. The number of carbonyl (C=O) groups excluding carboxylic acids is 2. The van der Waals surface area contributed by atoms with Crippen molar-refractivity contribution < 1.29 is 23.8 Å². The van der Waals surface area contributed by atoms with Gasteiger partial charge in [0.2, 0.25) is 0 Å². The lowest BCUT2D eigenvalue weighted by Crippen LogP contribution is -2.09. The minimum Gasteiger partial charge on any atom is -0.493 e. The maximum absolute atomic E-state index is 12.7. The van der Waals surface area contributed by atoms with Crippen molar-refractivity contribution in [3.05, 3.63) is 96.6 Å². The number of unbranched alkanes of at least 4 members (excludes halogenated alkanes) is 3. The van der Waals surface area contributed by atoms with Gasteiger partial charge in [-0.1, -0.05) is 49.0 Å². The fourth-order valence-electron chi connectivity index (χ4n) is 3.34.